The first-order valence-electron chi connectivity index (χ1n) is 25.7. The van der Waals surface area contributed by atoms with Gasteiger partial charge in [0.2, 0.25) is 0 Å². The number of anilines is 6. The first-order valence-corrected chi connectivity index (χ1v) is 25.7. The summed E-state index contributed by atoms with van der Waals surface area (Å²) in [5.41, 5.74) is 24.0. The van der Waals surface area contributed by atoms with E-state index < -0.39 is 0 Å². The van der Waals surface area contributed by atoms with Crippen LogP contribution in [0, 0.1) is 0 Å². The van der Waals surface area contributed by atoms with Crippen LogP contribution < -0.4 is 26.2 Å². The zero-order chi connectivity index (χ0) is 48.9. The number of rotatable bonds is 2. The second kappa shape index (κ2) is 13.9. The molecule has 9 aromatic carbocycles. The van der Waals surface area contributed by atoms with E-state index in [0.29, 0.717) is 0 Å². The SMILES string of the molecule is CC(C)(C)c1cc2c3c(c1)N1c4c(cccc4-n4c5ccccc5c5cccc1c54)B3c1ccc(-n3c4ccc(C(C)(C)C)cc4c4cc(C(C)(C)C)ccc43)cc1N2c1ccc2oc3ccccc3c2c1. The maximum atomic E-state index is 6.50. The predicted octanol–water partition coefficient (Wildman–Crippen LogP) is 16.1. The van der Waals surface area contributed by atoms with Crippen LogP contribution in [0.1, 0.15) is 79.0 Å². The molecule has 0 spiro atoms. The summed E-state index contributed by atoms with van der Waals surface area (Å²) in [6.07, 6.45) is 0. The van der Waals surface area contributed by atoms with Crippen molar-refractivity contribution >= 4 is 123 Å². The summed E-state index contributed by atoms with van der Waals surface area (Å²) in [4.78, 5) is 5.21. The Bertz CT molecular complexity index is 4300. The first kappa shape index (κ1) is 41.8. The Hall–Kier alpha value is -7.96. The highest BCUT2D eigenvalue weighted by atomic mass is 16.3. The van der Waals surface area contributed by atoms with Crippen molar-refractivity contribution in [2.75, 3.05) is 9.80 Å². The molecule has 0 fully saturated rings. The lowest BCUT2D eigenvalue weighted by Crippen LogP contribution is -2.62. The normalized spacial score (nSPS) is 14.1. The summed E-state index contributed by atoms with van der Waals surface area (Å²) in [5, 5.41) is 7.36. The zero-order valence-corrected chi connectivity index (χ0v) is 42.4. The minimum absolute atomic E-state index is 0.00484. The maximum Gasteiger partial charge on any atom is 0.252 e. The number of hydrogen-bond donors (Lipinski definition) is 0. The van der Waals surface area contributed by atoms with Gasteiger partial charge in [-0.25, -0.2) is 0 Å². The van der Waals surface area contributed by atoms with Gasteiger partial charge in [0, 0.05) is 60.8 Å². The Morgan fingerprint density at radius 3 is 1.68 bits per heavy atom. The summed E-state index contributed by atoms with van der Waals surface area (Å²) < 4.78 is 11.6. The average Bonchev–Trinajstić information content (AvgIpc) is 4.02. The number of aromatic nitrogens is 2. The number of nitrogens with zero attached hydrogens (tertiary/aromatic N) is 4. The molecule has 0 amide bonds. The molecule has 0 N–H and O–H groups in total. The highest BCUT2D eigenvalue weighted by Crippen LogP contribution is 2.53. The Morgan fingerprint density at radius 1 is 0.361 bits per heavy atom. The summed E-state index contributed by atoms with van der Waals surface area (Å²) in [7, 11) is 0. The Labute approximate surface area is 420 Å². The number of furan rings is 1. The van der Waals surface area contributed by atoms with Crippen LogP contribution in [0.15, 0.2) is 174 Å². The van der Waals surface area contributed by atoms with Crippen LogP contribution in [0.3, 0.4) is 0 Å². The molecule has 0 atom stereocenters. The molecule has 348 valence electrons. The van der Waals surface area contributed by atoms with E-state index in [1.54, 1.807) is 0 Å². The van der Waals surface area contributed by atoms with Gasteiger partial charge in [0.15, 0.2) is 0 Å². The summed E-state index contributed by atoms with van der Waals surface area (Å²) >= 11 is 0. The van der Waals surface area contributed by atoms with Gasteiger partial charge in [0.05, 0.1) is 39.1 Å². The lowest BCUT2D eigenvalue weighted by Gasteiger charge is -2.47. The van der Waals surface area contributed by atoms with Gasteiger partial charge in [-0.1, -0.05) is 141 Å². The van der Waals surface area contributed by atoms with E-state index in [4.69, 9.17) is 4.42 Å². The molecule has 0 unspecified atom stereocenters. The molecule has 3 aromatic heterocycles. The smallest absolute Gasteiger partial charge is 0.252 e. The van der Waals surface area contributed by atoms with E-state index in [1.807, 2.05) is 0 Å². The number of benzene rings is 9. The molecule has 12 aromatic rings. The van der Waals surface area contributed by atoms with Crippen molar-refractivity contribution in [1.82, 2.24) is 9.13 Å². The van der Waals surface area contributed by atoms with Crippen molar-refractivity contribution in [2.24, 2.45) is 0 Å². The van der Waals surface area contributed by atoms with Crippen LogP contribution in [-0.4, -0.2) is 15.8 Å². The summed E-state index contributed by atoms with van der Waals surface area (Å²) in [6.45, 7) is 20.9. The molecule has 6 heterocycles. The topological polar surface area (TPSA) is 29.5 Å². The Balaban J connectivity index is 1.06. The van der Waals surface area contributed by atoms with Crippen LogP contribution in [0.25, 0.3) is 76.9 Å². The minimum Gasteiger partial charge on any atom is -0.456 e. The third-order valence-corrected chi connectivity index (χ3v) is 16.4. The number of hydrogen-bond acceptors (Lipinski definition) is 3. The molecule has 0 bridgehead atoms. The molecule has 6 heteroatoms. The fraction of sp³-hybridized carbons (Fsp3) is 0.182. The van der Waals surface area contributed by atoms with Crippen molar-refractivity contribution in [3.63, 3.8) is 0 Å². The van der Waals surface area contributed by atoms with Gasteiger partial charge >= 0.3 is 0 Å². The van der Waals surface area contributed by atoms with Crippen molar-refractivity contribution in [2.45, 2.75) is 78.6 Å². The predicted molar refractivity (Wildman–Crippen MR) is 306 cm³/mol. The van der Waals surface area contributed by atoms with E-state index in [9.17, 15) is 0 Å². The largest absolute Gasteiger partial charge is 0.456 e. The van der Waals surface area contributed by atoms with Crippen molar-refractivity contribution in [3.8, 4) is 11.4 Å². The van der Waals surface area contributed by atoms with Crippen LogP contribution >= 0.6 is 0 Å². The van der Waals surface area contributed by atoms with Gasteiger partial charge in [-0.3, -0.25) is 0 Å². The van der Waals surface area contributed by atoms with Crippen LogP contribution in [0.2, 0.25) is 0 Å². The first-order chi connectivity index (χ1) is 34.6. The van der Waals surface area contributed by atoms with Crippen LogP contribution in [-0.2, 0) is 16.2 Å². The number of para-hydroxylation sites is 4. The van der Waals surface area contributed by atoms with Crippen molar-refractivity contribution in [1.29, 1.82) is 0 Å². The van der Waals surface area contributed by atoms with E-state index in [0.717, 1.165) is 33.3 Å². The quantitative estimate of drug-likeness (QED) is 0.162. The van der Waals surface area contributed by atoms with Gasteiger partial charge in [0.25, 0.3) is 6.71 Å². The second-order valence-electron chi connectivity index (χ2n) is 23.8. The lowest BCUT2D eigenvalue weighted by atomic mass is 9.33. The number of fused-ring (bicyclic) bond motifs is 15. The highest BCUT2D eigenvalue weighted by molar-refractivity contribution is 7.00. The summed E-state index contributed by atoms with van der Waals surface area (Å²) in [5.74, 6) is 0. The van der Waals surface area contributed by atoms with Crippen LogP contribution in [0.5, 0.6) is 0 Å². The van der Waals surface area contributed by atoms with Crippen molar-refractivity contribution < 1.29 is 4.42 Å². The fourth-order valence-electron chi connectivity index (χ4n) is 12.8. The molecule has 3 aliphatic rings. The molecule has 15 rings (SSSR count). The van der Waals surface area contributed by atoms with Gasteiger partial charge < -0.3 is 23.4 Å². The van der Waals surface area contributed by atoms with Gasteiger partial charge in [-0.15, -0.1) is 0 Å². The highest BCUT2D eigenvalue weighted by Gasteiger charge is 2.47. The molecule has 5 nitrogen and oxygen atoms in total. The van der Waals surface area contributed by atoms with Gasteiger partial charge in [-0.05, 0) is 140 Å². The van der Waals surface area contributed by atoms with E-state index in [1.165, 1.54) is 111 Å². The minimum atomic E-state index is -0.156. The van der Waals surface area contributed by atoms with Crippen molar-refractivity contribution in [3.05, 3.63) is 187 Å². The van der Waals surface area contributed by atoms with Crippen LogP contribution in [0.4, 0.5) is 34.1 Å². The van der Waals surface area contributed by atoms with E-state index in [2.05, 4.69) is 251 Å². The molecule has 0 saturated heterocycles. The molecule has 3 aliphatic heterocycles. The molecular weight excluding hydrogens is 876 g/mol. The Morgan fingerprint density at radius 2 is 0.958 bits per heavy atom. The van der Waals surface area contributed by atoms with Gasteiger partial charge in [-0.2, -0.15) is 0 Å². The zero-order valence-electron chi connectivity index (χ0n) is 42.4. The third kappa shape index (κ3) is 5.55. The molecular formula is C66H55BN4O. The molecule has 0 aliphatic carbocycles. The lowest BCUT2D eigenvalue weighted by molar-refractivity contribution is 0.590. The maximum absolute atomic E-state index is 6.50. The van der Waals surface area contributed by atoms with E-state index >= 15 is 0 Å². The standard InChI is InChI=1S/C66H55BN4O/c1-64(2,3)38-24-29-52-46(32-38)47-33-39(65(4,5)6)25-30-53(47)68(52)42-26-28-49-56(37-42)69(41-27-31-60-48(36-41)44-17-11-13-23-59(44)72-60)57-34-40(66(7,8)9)35-58-61(57)67(49)50-19-15-22-55-63(50)71(58)54-21-14-18-45-43-16-10-12-20-51(43)70(55)62(45)54/h10-37H,1-9H3. The second-order valence-corrected chi connectivity index (χ2v) is 23.8. The van der Waals surface area contributed by atoms with E-state index in [-0.39, 0.29) is 23.0 Å². The summed E-state index contributed by atoms with van der Waals surface area (Å²) in [6, 6.07) is 64.8. The average molecular weight is 931 g/mol. The Kier molecular flexibility index (Phi) is 8.08. The molecule has 0 saturated carbocycles. The molecule has 0 radical (unpaired) electrons. The molecule has 72 heavy (non-hydrogen) atoms. The third-order valence-electron chi connectivity index (χ3n) is 16.4. The fourth-order valence-corrected chi connectivity index (χ4v) is 12.8. The monoisotopic (exact) mass is 930 g/mol. The van der Waals surface area contributed by atoms with Gasteiger partial charge in [0.1, 0.15) is 11.2 Å².